The van der Waals surface area contributed by atoms with E-state index in [4.69, 9.17) is 38.8 Å². The Morgan fingerprint density at radius 2 is 1.87 bits per heavy atom. The monoisotopic (exact) mass is 617 g/mol. The Hall–Kier alpha value is -3.77. The van der Waals surface area contributed by atoms with Crippen molar-refractivity contribution in [3.8, 4) is 23.1 Å². The molecule has 2 aromatic carbocycles. The van der Waals surface area contributed by atoms with Crippen LogP contribution in [0.3, 0.4) is 0 Å². The molecule has 0 radical (unpaired) electrons. The first kappa shape index (κ1) is 31.2. The number of ether oxygens (including phenoxy) is 5. The van der Waals surface area contributed by atoms with E-state index < -0.39 is 0 Å². The number of phenols is 1. The molecule has 6 rings (SSSR count). The Morgan fingerprint density at radius 3 is 2.64 bits per heavy atom. The third kappa shape index (κ3) is 7.73. The van der Waals surface area contributed by atoms with Gasteiger partial charge in [0.1, 0.15) is 29.1 Å². The van der Waals surface area contributed by atoms with Crippen LogP contribution in [0.15, 0.2) is 54.6 Å². The molecule has 0 saturated carbocycles. The van der Waals surface area contributed by atoms with Gasteiger partial charge in [-0.05, 0) is 63.3 Å². The summed E-state index contributed by atoms with van der Waals surface area (Å²) in [6.07, 6.45) is 3.54. The van der Waals surface area contributed by atoms with Crippen molar-refractivity contribution in [3.05, 3.63) is 60.2 Å². The molecule has 1 unspecified atom stereocenters. The lowest BCUT2D eigenvalue weighted by Crippen LogP contribution is -2.52. The summed E-state index contributed by atoms with van der Waals surface area (Å²) in [4.78, 5) is 11.7. The number of aromatic nitrogens is 4. The zero-order chi connectivity index (χ0) is 31.2. The van der Waals surface area contributed by atoms with Gasteiger partial charge in [0.2, 0.25) is 0 Å². The molecule has 11 nitrogen and oxygen atoms in total. The average Bonchev–Trinajstić information content (AvgIpc) is 3.41. The fourth-order valence-electron chi connectivity index (χ4n) is 5.59. The molecule has 0 spiro atoms. The zero-order valence-electron chi connectivity index (χ0n) is 26.3. The largest absolute Gasteiger partial charge is 0.508 e. The molecule has 0 aliphatic carbocycles. The highest BCUT2D eigenvalue weighted by Crippen LogP contribution is 2.36. The van der Waals surface area contributed by atoms with E-state index in [0.29, 0.717) is 37.8 Å². The van der Waals surface area contributed by atoms with Crippen LogP contribution in [0.2, 0.25) is 0 Å². The van der Waals surface area contributed by atoms with E-state index in [-0.39, 0.29) is 36.3 Å². The average molecular weight is 618 g/mol. The van der Waals surface area contributed by atoms with Gasteiger partial charge in [0.15, 0.2) is 6.23 Å². The number of hydrogen-bond donors (Lipinski definition) is 1. The molecule has 11 heteroatoms. The van der Waals surface area contributed by atoms with Gasteiger partial charge >= 0.3 is 6.01 Å². The van der Waals surface area contributed by atoms with Gasteiger partial charge < -0.3 is 33.7 Å². The summed E-state index contributed by atoms with van der Waals surface area (Å²) in [6.45, 7) is 7.67. The van der Waals surface area contributed by atoms with Gasteiger partial charge in [-0.3, -0.25) is 0 Å². The summed E-state index contributed by atoms with van der Waals surface area (Å²) in [5.74, 6) is 0.896. The van der Waals surface area contributed by atoms with Crippen molar-refractivity contribution in [2.75, 3.05) is 44.9 Å². The van der Waals surface area contributed by atoms with Gasteiger partial charge in [0.05, 0.1) is 30.9 Å². The highest BCUT2D eigenvalue weighted by Gasteiger charge is 2.30. The molecule has 3 atom stereocenters. The van der Waals surface area contributed by atoms with Crippen molar-refractivity contribution < 1.29 is 28.8 Å². The number of fused-ring (bicyclic) bond motifs is 1. The van der Waals surface area contributed by atoms with Gasteiger partial charge in [0.25, 0.3) is 0 Å². The molecule has 2 aromatic heterocycles. The normalized spacial score (nSPS) is 18.6. The van der Waals surface area contributed by atoms with Crippen molar-refractivity contribution in [1.29, 1.82) is 0 Å². The summed E-state index contributed by atoms with van der Waals surface area (Å²) in [5, 5.41) is 16.2. The van der Waals surface area contributed by atoms with Gasteiger partial charge in [-0.2, -0.15) is 15.1 Å². The van der Waals surface area contributed by atoms with E-state index in [1.54, 1.807) is 19.2 Å². The Morgan fingerprint density at radius 1 is 1.02 bits per heavy atom. The third-order valence-electron chi connectivity index (χ3n) is 8.26. The topological polar surface area (TPSA) is 113 Å². The van der Waals surface area contributed by atoms with Crippen molar-refractivity contribution >= 4 is 16.7 Å². The molecule has 240 valence electrons. The highest BCUT2D eigenvalue weighted by molar-refractivity contribution is 5.93. The Kier molecular flexibility index (Phi) is 10.1. The Balaban J connectivity index is 1.15. The van der Waals surface area contributed by atoms with Crippen LogP contribution in [0.25, 0.3) is 22.3 Å². The van der Waals surface area contributed by atoms with E-state index >= 15 is 0 Å². The van der Waals surface area contributed by atoms with Gasteiger partial charge in [0, 0.05) is 44.9 Å². The number of aromatic hydroxyl groups is 1. The molecule has 2 aliphatic heterocycles. The van der Waals surface area contributed by atoms with Crippen LogP contribution in [-0.2, 0) is 25.6 Å². The molecule has 45 heavy (non-hydrogen) atoms. The van der Waals surface area contributed by atoms with Crippen LogP contribution in [0.4, 0.5) is 5.82 Å². The van der Waals surface area contributed by atoms with Gasteiger partial charge in [-0.1, -0.05) is 30.3 Å². The quantitative estimate of drug-likeness (QED) is 0.182. The second kappa shape index (κ2) is 14.6. The molecule has 2 fully saturated rings. The van der Waals surface area contributed by atoms with E-state index in [1.807, 2.05) is 41.9 Å². The summed E-state index contributed by atoms with van der Waals surface area (Å²) < 4.78 is 31.6. The summed E-state index contributed by atoms with van der Waals surface area (Å²) in [7, 11) is 1.72. The number of benzene rings is 2. The fraction of sp³-hybridized carbons (Fsp3) is 0.500. The smallest absolute Gasteiger partial charge is 0.319 e. The lowest BCUT2D eigenvalue weighted by Gasteiger charge is -2.39. The highest BCUT2D eigenvalue weighted by atomic mass is 16.5. The van der Waals surface area contributed by atoms with E-state index in [0.717, 1.165) is 61.1 Å². The second-order valence-corrected chi connectivity index (χ2v) is 11.9. The molecule has 0 amide bonds. The summed E-state index contributed by atoms with van der Waals surface area (Å²) in [6, 6.07) is 17.6. The molecule has 4 heterocycles. The number of methoxy groups -OCH3 is 1. The minimum atomic E-state index is -0.286. The summed E-state index contributed by atoms with van der Waals surface area (Å²) >= 11 is 0. The number of rotatable bonds is 14. The van der Waals surface area contributed by atoms with Crippen LogP contribution in [0.1, 0.15) is 51.3 Å². The maximum Gasteiger partial charge on any atom is 0.319 e. The predicted octanol–water partition coefficient (Wildman–Crippen LogP) is 5.51. The standard InChI is InChI=1S/C34H43N5O6/c1-23(44-22-25-9-5-4-6-10-25)14-16-42-21-24(2)45-34-35-29(18-31(36-34)38-19-27(20-38)41-3)33-28-17-26(40)12-13-30(28)39(37-33)32-11-7-8-15-43-32/h4-6,9-10,12-13,17-18,23-24,27,32,40H,7-8,11,14-16,19-22H2,1-3H3/t23-,24-,32?/m1/s1. The SMILES string of the molecule is COC1CN(c2cc(-c3nn(C4CCCCO4)c4ccc(O)cc34)nc(O[C@H](C)COCC[C@@H](C)OCc3ccccc3)n2)C1. The second-order valence-electron chi connectivity index (χ2n) is 11.9. The Labute approximate surface area is 264 Å². The van der Waals surface area contributed by atoms with Crippen molar-refractivity contribution in [1.82, 2.24) is 19.7 Å². The zero-order valence-corrected chi connectivity index (χ0v) is 26.3. The number of nitrogens with zero attached hydrogens (tertiary/aromatic N) is 5. The maximum absolute atomic E-state index is 10.4. The first-order chi connectivity index (χ1) is 22.0. The molecule has 0 bridgehead atoms. The Bertz CT molecular complexity index is 1540. The van der Waals surface area contributed by atoms with E-state index in [2.05, 4.69) is 24.0 Å². The van der Waals surface area contributed by atoms with Crippen LogP contribution < -0.4 is 9.64 Å². The number of phenolic OH excluding ortho intramolecular Hbond substituents is 1. The molecule has 4 aromatic rings. The van der Waals surface area contributed by atoms with Crippen molar-refractivity contribution in [3.63, 3.8) is 0 Å². The molecular weight excluding hydrogens is 574 g/mol. The minimum absolute atomic E-state index is 0.0736. The first-order valence-electron chi connectivity index (χ1n) is 15.9. The van der Waals surface area contributed by atoms with E-state index in [1.165, 1.54) is 0 Å². The molecular formula is C34H43N5O6. The third-order valence-corrected chi connectivity index (χ3v) is 8.26. The van der Waals surface area contributed by atoms with Crippen molar-refractivity contribution in [2.24, 2.45) is 0 Å². The van der Waals surface area contributed by atoms with Crippen LogP contribution in [-0.4, -0.2) is 83.2 Å². The summed E-state index contributed by atoms with van der Waals surface area (Å²) in [5.41, 5.74) is 3.28. The first-order valence-corrected chi connectivity index (χ1v) is 15.9. The van der Waals surface area contributed by atoms with E-state index in [9.17, 15) is 5.11 Å². The minimum Gasteiger partial charge on any atom is -0.508 e. The molecule has 2 aliphatic rings. The van der Waals surface area contributed by atoms with Gasteiger partial charge in [-0.15, -0.1) is 0 Å². The lowest BCUT2D eigenvalue weighted by molar-refractivity contribution is -0.0365. The molecule has 1 N–H and O–H groups in total. The van der Waals surface area contributed by atoms with Crippen LogP contribution >= 0.6 is 0 Å². The van der Waals surface area contributed by atoms with Crippen LogP contribution in [0.5, 0.6) is 11.8 Å². The predicted molar refractivity (Wildman–Crippen MR) is 170 cm³/mol. The lowest BCUT2D eigenvalue weighted by atomic mass is 10.1. The fourth-order valence-corrected chi connectivity index (χ4v) is 5.59. The number of hydrogen-bond acceptors (Lipinski definition) is 10. The van der Waals surface area contributed by atoms with Gasteiger partial charge in [-0.25, -0.2) is 4.68 Å². The van der Waals surface area contributed by atoms with Crippen molar-refractivity contribution in [2.45, 2.75) is 70.7 Å². The maximum atomic E-state index is 10.4. The molecule has 2 saturated heterocycles. The number of anilines is 1. The van der Waals surface area contributed by atoms with Crippen LogP contribution in [0, 0.1) is 0 Å².